The summed E-state index contributed by atoms with van der Waals surface area (Å²) in [6.45, 7) is 13.4. The maximum absolute atomic E-state index is 12.2. The molecule has 0 aromatic heterocycles. The van der Waals surface area contributed by atoms with Crippen molar-refractivity contribution >= 4 is 11.8 Å². The Morgan fingerprint density at radius 2 is 1.72 bits per heavy atom. The molecule has 0 N–H and O–H groups in total. The first kappa shape index (κ1) is 19.4. The molecule has 1 fully saturated rings. The van der Waals surface area contributed by atoms with Crippen molar-refractivity contribution in [3.63, 3.8) is 0 Å². The van der Waals surface area contributed by atoms with Gasteiger partial charge in [-0.2, -0.15) is 0 Å². The number of nitrogens with zero attached hydrogens (tertiary/aromatic N) is 2. The number of carbonyl (C=O) groups is 1. The number of ether oxygens (including phenoxy) is 2. The van der Waals surface area contributed by atoms with E-state index in [0.29, 0.717) is 0 Å². The van der Waals surface area contributed by atoms with Crippen LogP contribution in [0.3, 0.4) is 0 Å². The predicted molar refractivity (Wildman–Crippen MR) is 101 cm³/mol. The summed E-state index contributed by atoms with van der Waals surface area (Å²) in [6, 6.07) is 8.28. The highest BCUT2D eigenvalue weighted by Gasteiger charge is 2.35. The second-order valence-electron chi connectivity index (χ2n) is 8.71. The molecule has 1 amide bonds. The fourth-order valence-electron chi connectivity index (χ4n) is 2.74. The molecule has 140 valence electrons. The van der Waals surface area contributed by atoms with Crippen molar-refractivity contribution in [1.82, 2.24) is 4.90 Å². The van der Waals surface area contributed by atoms with Gasteiger partial charge in [-0.05, 0) is 72.2 Å². The molecule has 0 spiro atoms. The Bertz CT molecular complexity index is 584. The smallest absolute Gasteiger partial charge is 0.410 e. The maximum atomic E-state index is 12.2. The van der Waals surface area contributed by atoms with Gasteiger partial charge >= 0.3 is 6.09 Å². The average molecular weight is 348 g/mol. The van der Waals surface area contributed by atoms with E-state index < -0.39 is 5.60 Å². The monoisotopic (exact) mass is 348 g/mol. The lowest BCUT2D eigenvalue weighted by Crippen LogP contribution is -2.56. The van der Waals surface area contributed by atoms with Gasteiger partial charge in [0, 0.05) is 25.8 Å². The molecular weight excluding hydrogens is 316 g/mol. The lowest BCUT2D eigenvalue weighted by atomic mass is 10.0. The van der Waals surface area contributed by atoms with E-state index in [-0.39, 0.29) is 17.7 Å². The third kappa shape index (κ3) is 5.83. The van der Waals surface area contributed by atoms with E-state index in [4.69, 9.17) is 9.47 Å². The van der Waals surface area contributed by atoms with Gasteiger partial charge in [-0.1, -0.05) is 0 Å². The minimum atomic E-state index is -0.452. The first-order chi connectivity index (χ1) is 11.4. The van der Waals surface area contributed by atoms with Crippen LogP contribution >= 0.6 is 0 Å². The Morgan fingerprint density at radius 3 is 2.16 bits per heavy atom. The minimum Gasteiger partial charge on any atom is -0.488 e. The van der Waals surface area contributed by atoms with Crippen molar-refractivity contribution in [2.45, 2.75) is 65.2 Å². The number of rotatable bonds is 4. The number of likely N-dealkylation sites (N-methyl/N-ethyl adjacent to an activating group) is 1. The molecule has 1 aromatic carbocycles. The van der Waals surface area contributed by atoms with E-state index in [1.807, 2.05) is 65.6 Å². The van der Waals surface area contributed by atoms with Crippen LogP contribution in [0.2, 0.25) is 0 Å². The number of anilines is 1. The molecule has 1 aliphatic heterocycles. The molecule has 1 unspecified atom stereocenters. The minimum absolute atomic E-state index is 0.199. The van der Waals surface area contributed by atoms with Crippen LogP contribution in [0.4, 0.5) is 10.5 Å². The first-order valence-electron chi connectivity index (χ1n) is 8.94. The Labute approximate surface area is 151 Å². The molecule has 1 aliphatic rings. The van der Waals surface area contributed by atoms with Crippen LogP contribution in [0.15, 0.2) is 24.3 Å². The molecule has 0 radical (unpaired) electrons. The van der Waals surface area contributed by atoms with Gasteiger partial charge in [-0.3, -0.25) is 0 Å². The number of hydrogen-bond acceptors (Lipinski definition) is 4. The normalized spacial score (nSPS) is 17.7. The molecule has 1 heterocycles. The van der Waals surface area contributed by atoms with Crippen LogP contribution < -0.4 is 9.64 Å². The van der Waals surface area contributed by atoms with E-state index in [1.54, 1.807) is 0 Å². The molecule has 25 heavy (non-hydrogen) atoms. The summed E-state index contributed by atoms with van der Waals surface area (Å²) < 4.78 is 11.3. The molecule has 1 atom stereocenters. The van der Waals surface area contributed by atoms with Gasteiger partial charge in [0.15, 0.2) is 0 Å². The van der Waals surface area contributed by atoms with Crippen molar-refractivity contribution < 1.29 is 14.3 Å². The third-order valence-corrected chi connectivity index (χ3v) is 3.96. The number of carbonyl (C=O) groups excluding carboxylic acids is 1. The molecule has 1 aromatic rings. The number of benzene rings is 1. The van der Waals surface area contributed by atoms with Crippen molar-refractivity contribution in [3.05, 3.63) is 24.3 Å². The fourth-order valence-corrected chi connectivity index (χ4v) is 2.74. The number of hydrogen-bond donors (Lipinski definition) is 0. The van der Waals surface area contributed by atoms with Gasteiger partial charge in [-0.25, -0.2) is 4.79 Å². The lowest BCUT2D eigenvalue weighted by Gasteiger charge is -2.43. The second kappa shape index (κ2) is 7.14. The van der Waals surface area contributed by atoms with Crippen molar-refractivity contribution in [3.8, 4) is 5.75 Å². The predicted octanol–water partition coefficient (Wildman–Crippen LogP) is 4.31. The van der Waals surface area contributed by atoms with E-state index in [9.17, 15) is 4.79 Å². The van der Waals surface area contributed by atoms with Gasteiger partial charge in [0.25, 0.3) is 0 Å². The van der Waals surface area contributed by atoms with Gasteiger partial charge in [-0.15, -0.1) is 0 Å². The van der Waals surface area contributed by atoms with Gasteiger partial charge < -0.3 is 19.3 Å². The molecule has 0 saturated carbocycles. The number of likely N-dealkylation sites (tertiary alicyclic amines) is 1. The van der Waals surface area contributed by atoms with E-state index in [2.05, 4.69) is 17.0 Å². The Balaban J connectivity index is 1.91. The quantitative estimate of drug-likeness (QED) is 0.813. The zero-order valence-corrected chi connectivity index (χ0v) is 16.6. The Kier molecular flexibility index (Phi) is 5.55. The topological polar surface area (TPSA) is 42.0 Å². The molecular formula is C20H32N2O3. The zero-order valence-electron chi connectivity index (χ0n) is 16.6. The van der Waals surface area contributed by atoms with Crippen LogP contribution in [-0.4, -0.2) is 48.4 Å². The largest absolute Gasteiger partial charge is 0.488 e. The van der Waals surface area contributed by atoms with Crippen LogP contribution in [0.5, 0.6) is 5.75 Å². The SMILES string of the molecule is CN(CC1CCN1C(=O)OC(C)(C)C)c1ccc(OC(C)(C)C)cc1. The molecule has 5 nitrogen and oxygen atoms in total. The fraction of sp³-hybridized carbons (Fsp3) is 0.650. The molecule has 1 saturated heterocycles. The summed E-state index contributed by atoms with van der Waals surface area (Å²) in [5.41, 5.74) is 0.455. The Hall–Kier alpha value is -1.91. The summed E-state index contributed by atoms with van der Waals surface area (Å²) in [6.07, 6.45) is 0.792. The summed E-state index contributed by atoms with van der Waals surface area (Å²) in [7, 11) is 2.05. The standard InChI is InChI=1S/C20H32N2O3/c1-19(2,3)24-17-10-8-15(9-11-17)21(7)14-16-12-13-22(16)18(23)25-20(4,5)6/h8-11,16H,12-14H2,1-7H3. The molecule has 0 bridgehead atoms. The summed E-state index contributed by atoms with van der Waals surface area (Å²) >= 11 is 0. The highest BCUT2D eigenvalue weighted by molar-refractivity contribution is 5.69. The average Bonchev–Trinajstić information content (AvgIpc) is 2.40. The van der Waals surface area contributed by atoms with Crippen LogP contribution in [-0.2, 0) is 4.74 Å². The molecule has 2 rings (SSSR count). The van der Waals surface area contributed by atoms with Crippen LogP contribution in [0, 0.1) is 0 Å². The van der Waals surface area contributed by atoms with E-state index in [1.165, 1.54) is 0 Å². The molecule has 0 aliphatic carbocycles. The Morgan fingerprint density at radius 1 is 1.12 bits per heavy atom. The number of amides is 1. The van der Waals surface area contributed by atoms with Crippen molar-refractivity contribution in [2.75, 3.05) is 25.0 Å². The van der Waals surface area contributed by atoms with E-state index in [0.717, 1.165) is 30.9 Å². The van der Waals surface area contributed by atoms with Gasteiger partial charge in [0.2, 0.25) is 0 Å². The summed E-state index contributed by atoms with van der Waals surface area (Å²) in [5.74, 6) is 0.865. The zero-order chi connectivity index (χ0) is 18.8. The highest BCUT2D eigenvalue weighted by atomic mass is 16.6. The second-order valence-corrected chi connectivity index (χ2v) is 8.71. The first-order valence-corrected chi connectivity index (χ1v) is 8.94. The van der Waals surface area contributed by atoms with Crippen molar-refractivity contribution in [2.24, 2.45) is 0 Å². The van der Waals surface area contributed by atoms with Crippen molar-refractivity contribution in [1.29, 1.82) is 0 Å². The highest BCUT2D eigenvalue weighted by Crippen LogP contribution is 2.26. The van der Waals surface area contributed by atoms with Crippen LogP contribution in [0.1, 0.15) is 48.0 Å². The maximum Gasteiger partial charge on any atom is 0.410 e. The van der Waals surface area contributed by atoms with Crippen LogP contribution in [0.25, 0.3) is 0 Å². The van der Waals surface area contributed by atoms with E-state index >= 15 is 0 Å². The third-order valence-electron chi connectivity index (χ3n) is 3.96. The lowest BCUT2D eigenvalue weighted by molar-refractivity contribution is -0.00358. The van der Waals surface area contributed by atoms with Gasteiger partial charge in [0.05, 0.1) is 6.04 Å². The summed E-state index contributed by atoms with van der Waals surface area (Å²) in [5, 5.41) is 0. The van der Waals surface area contributed by atoms with Gasteiger partial charge in [0.1, 0.15) is 17.0 Å². The molecule has 5 heteroatoms. The summed E-state index contributed by atoms with van der Waals surface area (Å²) in [4.78, 5) is 16.2.